The Bertz CT molecular complexity index is 1120. The molecule has 186 valence electrons. The predicted molar refractivity (Wildman–Crippen MR) is 139 cm³/mol. The molecule has 0 aliphatic heterocycles. The summed E-state index contributed by atoms with van der Waals surface area (Å²) in [6.07, 6.45) is 5.84. The molecule has 1 amide bonds. The molecule has 1 aromatic heterocycles. The van der Waals surface area contributed by atoms with Crippen molar-refractivity contribution < 1.29 is 14.3 Å². The first-order valence-corrected chi connectivity index (χ1v) is 13.2. The number of benzene rings is 2. The van der Waals surface area contributed by atoms with Crippen LogP contribution in [0.1, 0.15) is 46.0 Å². The molecular weight excluding hydrogens is 460 g/mol. The summed E-state index contributed by atoms with van der Waals surface area (Å²) in [5.41, 5.74) is 1.72. The number of rotatable bonds is 9. The van der Waals surface area contributed by atoms with Crippen LogP contribution >= 0.6 is 11.8 Å². The molecule has 0 unspecified atom stereocenters. The molecular formula is C27H34N4O3S. The molecule has 1 aliphatic carbocycles. The molecule has 1 aliphatic rings. The lowest BCUT2D eigenvalue weighted by Gasteiger charge is -2.37. The molecule has 7 nitrogen and oxygen atoms in total. The second kappa shape index (κ2) is 11.6. The smallest absolute Gasteiger partial charge is 0.233 e. The molecule has 1 saturated carbocycles. The maximum Gasteiger partial charge on any atom is 0.233 e. The molecule has 8 heteroatoms. The van der Waals surface area contributed by atoms with Crippen molar-refractivity contribution in [1.82, 2.24) is 19.7 Å². The molecule has 1 fully saturated rings. The molecule has 1 heterocycles. The zero-order valence-electron chi connectivity index (χ0n) is 20.9. The minimum absolute atomic E-state index is 0.153. The zero-order valence-corrected chi connectivity index (χ0v) is 21.8. The van der Waals surface area contributed by atoms with E-state index in [1.807, 2.05) is 53.1 Å². The van der Waals surface area contributed by atoms with E-state index in [0.717, 1.165) is 29.8 Å². The topological polar surface area (TPSA) is 69.5 Å². The van der Waals surface area contributed by atoms with Crippen LogP contribution in [0.2, 0.25) is 0 Å². The number of aromatic nitrogens is 3. The summed E-state index contributed by atoms with van der Waals surface area (Å²) in [6.45, 7) is 4.22. The highest BCUT2D eigenvalue weighted by Gasteiger charge is 2.28. The van der Waals surface area contributed by atoms with Crippen molar-refractivity contribution in [3.05, 3.63) is 48.5 Å². The average Bonchev–Trinajstić information content (AvgIpc) is 3.31. The first-order chi connectivity index (χ1) is 17.0. The van der Waals surface area contributed by atoms with E-state index < -0.39 is 0 Å². The molecule has 0 radical (unpaired) electrons. The summed E-state index contributed by atoms with van der Waals surface area (Å²) in [4.78, 5) is 15.5. The van der Waals surface area contributed by atoms with Crippen LogP contribution < -0.4 is 9.47 Å². The van der Waals surface area contributed by atoms with Crippen molar-refractivity contribution in [2.45, 2.75) is 63.2 Å². The quantitative estimate of drug-likeness (QED) is 0.360. The van der Waals surface area contributed by atoms with Gasteiger partial charge in [-0.15, -0.1) is 10.2 Å². The Morgan fingerprint density at radius 1 is 1.03 bits per heavy atom. The van der Waals surface area contributed by atoms with Gasteiger partial charge in [0.25, 0.3) is 0 Å². The standard InChI is InChI=1S/C27H34N4O3S/c1-19(2)30(20-10-6-5-7-11-20)25(32)18-35-27-29-28-26(23-12-8-9-13-24(23)34-4)31(27)21-14-16-22(33-3)17-15-21/h8-9,12-17,19-20H,5-7,10-11,18H2,1-4H3. The monoisotopic (exact) mass is 494 g/mol. The molecule has 3 aromatic rings. The van der Waals surface area contributed by atoms with Crippen molar-refractivity contribution >= 4 is 17.7 Å². The van der Waals surface area contributed by atoms with E-state index in [4.69, 9.17) is 9.47 Å². The van der Waals surface area contributed by atoms with Crippen molar-refractivity contribution in [3.63, 3.8) is 0 Å². The highest BCUT2D eigenvalue weighted by Crippen LogP contribution is 2.34. The number of para-hydroxylation sites is 1. The minimum Gasteiger partial charge on any atom is -0.497 e. The Morgan fingerprint density at radius 3 is 2.40 bits per heavy atom. The van der Waals surface area contributed by atoms with Gasteiger partial charge in [0, 0.05) is 12.1 Å². The summed E-state index contributed by atoms with van der Waals surface area (Å²) in [5.74, 6) is 2.61. The summed E-state index contributed by atoms with van der Waals surface area (Å²) in [7, 11) is 3.29. The second-order valence-electron chi connectivity index (χ2n) is 9.02. The lowest BCUT2D eigenvalue weighted by atomic mass is 9.93. The van der Waals surface area contributed by atoms with Crippen molar-refractivity contribution in [1.29, 1.82) is 0 Å². The van der Waals surface area contributed by atoms with Gasteiger partial charge in [0.1, 0.15) is 11.5 Å². The highest BCUT2D eigenvalue weighted by molar-refractivity contribution is 7.99. The Labute approximate surface area is 211 Å². The molecule has 0 bridgehead atoms. The van der Waals surface area contributed by atoms with E-state index >= 15 is 0 Å². The molecule has 0 N–H and O–H groups in total. The minimum atomic E-state index is 0.153. The van der Waals surface area contributed by atoms with Crippen LogP contribution in [0.15, 0.2) is 53.7 Å². The highest BCUT2D eigenvalue weighted by atomic mass is 32.2. The Kier molecular flexibility index (Phi) is 8.33. The summed E-state index contributed by atoms with van der Waals surface area (Å²) in [6, 6.07) is 16.0. The van der Waals surface area contributed by atoms with Crippen LogP contribution in [0.4, 0.5) is 0 Å². The second-order valence-corrected chi connectivity index (χ2v) is 9.96. The fourth-order valence-electron chi connectivity index (χ4n) is 4.80. The van der Waals surface area contributed by atoms with Crippen LogP contribution in [-0.4, -0.2) is 57.6 Å². The predicted octanol–water partition coefficient (Wildman–Crippen LogP) is 5.61. The first-order valence-electron chi connectivity index (χ1n) is 12.2. The molecule has 0 spiro atoms. The summed E-state index contributed by atoms with van der Waals surface area (Å²) >= 11 is 1.42. The fraction of sp³-hybridized carbons (Fsp3) is 0.444. The molecule has 2 aromatic carbocycles. The maximum atomic E-state index is 13.4. The largest absolute Gasteiger partial charge is 0.497 e. The number of ether oxygens (including phenoxy) is 2. The number of hydrogen-bond donors (Lipinski definition) is 0. The third-order valence-corrected chi connectivity index (χ3v) is 7.36. The Hall–Kier alpha value is -3.00. The van der Waals surface area contributed by atoms with Gasteiger partial charge >= 0.3 is 0 Å². The van der Waals surface area contributed by atoms with E-state index in [9.17, 15) is 4.79 Å². The van der Waals surface area contributed by atoms with Gasteiger partial charge in [-0.2, -0.15) is 0 Å². The van der Waals surface area contributed by atoms with Gasteiger partial charge in [-0.3, -0.25) is 9.36 Å². The molecule has 0 atom stereocenters. The Balaban J connectivity index is 1.65. The van der Waals surface area contributed by atoms with Gasteiger partial charge in [-0.1, -0.05) is 43.2 Å². The van der Waals surface area contributed by atoms with E-state index in [1.54, 1.807) is 14.2 Å². The number of thioether (sulfide) groups is 1. The summed E-state index contributed by atoms with van der Waals surface area (Å²) < 4.78 is 12.9. The molecule has 4 rings (SSSR count). The van der Waals surface area contributed by atoms with Crippen LogP contribution in [0.3, 0.4) is 0 Å². The van der Waals surface area contributed by atoms with Gasteiger partial charge in [0.15, 0.2) is 11.0 Å². The zero-order chi connectivity index (χ0) is 24.8. The number of nitrogens with zero attached hydrogens (tertiary/aromatic N) is 4. The molecule has 0 saturated heterocycles. The van der Waals surface area contributed by atoms with E-state index in [-0.39, 0.29) is 11.9 Å². The Morgan fingerprint density at radius 2 is 1.74 bits per heavy atom. The third kappa shape index (κ3) is 5.64. The van der Waals surface area contributed by atoms with Crippen LogP contribution in [0, 0.1) is 0 Å². The number of methoxy groups -OCH3 is 2. The van der Waals surface area contributed by atoms with Crippen molar-refractivity contribution in [3.8, 4) is 28.6 Å². The maximum absolute atomic E-state index is 13.4. The fourth-order valence-corrected chi connectivity index (χ4v) is 5.63. The number of hydrogen-bond acceptors (Lipinski definition) is 6. The lowest BCUT2D eigenvalue weighted by molar-refractivity contribution is -0.133. The van der Waals surface area contributed by atoms with Crippen LogP contribution in [0.25, 0.3) is 17.1 Å². The number of carbonyl (C=O) groups is 1. The van der Waals surface area contributed by atoms with E-state index in [2.05, 4.69) is 28.9 Å². The van der Waals surface area contributed by atoms with Crippen LogP contribution in [-0.2, 0) is 4.79 Å². The SMILES string of the molecule is COc1ccc(-n2c(SCC(=O)N(C(C)C)C3CCCCC3)nnc2-c2ccccc2OC)cc1. The van der Waals surface area contributed by atoms with Crippen LogP contribution in [0.5, 0.6) is 11.5 Å². The van der Waals surface area contributed by atoms with Crippen molar-refractivity contribution in [2.24, 2.45) is 0 Å². The molecule has 35 heavy (non-hydrogen) atoms. The van der Waals surface area contributed by atoms with E-state index in [0.29, 0.717) is 28.5 Å². The summed E-state index contributed by atoms with van der Waals surface area (Å²) in [5, 5.41) is 9.68. The average molecular weight is 495 g/mol. The number of amides is 1. The van der Waals surface area contributed by atoms with E-state index in [1.165, 1.54) is 31.0 Å². The third-order valence-electron chi connectivity index (χ3n) is 6.45. The van der Waals surface area contributed by atoms with Gasteiger partial charge < -0.3 is 14.4 Å². The lowest BCUT2D eigenvalue weighted by Crippen LogP contribution is -2.46. The van der Waals surface area contributed by atoms with Crippen molar-refractivity contribution in [2.75, 3.05) is 20.0 Å². The first kappa shape index (κ1) is 25.1. The van der Waals surface area contributed by atoms with Gasteiger partial charge in [0.05, 0.1) is 31.2 Å². The van der Waals surface area contributed by atoms with Gasteiger partial charge in [0.2, 0.25) is 5.91 Å². The van der Waals surface area contributed by atoms with Gasteiger partial charge in [-0.05, 0) is 63.1 Å². The van der Waals surface area contributed by atoms with Gasteiger partial charge in [-0.25, -0.2) is 0 Å². The number of carbonyl (C=O) groups excluding carboxylic acids is 1. The normalized spacial score (nSPS) is 14.2.